The van der Waals surface area contributed by atoms with Gasteiger partial charge in [0.15, 0.2) is 11.6 Å². The van der Waals surface area contributed by atoms with Crippen LogP contribution >= 0.6 is 0 Å². The fourth-order valence-electron chi connectivity index (χ4n) is 2.24. The van der Waals surface area contributed by atoms with Crippen LogP contribution < -0.4 is 10.5 Å². The SMILES string of the molecule is Cc1ccc(C)c(Oc2c(F)cc(N)c3cccnc23)c1. The van der Waals surface area contributed by atoms with Gasteiger partial charge in [0.25, 0.3) is 0 Å². The Morgan fingerprint density at radius 1 is 1.14 bits per heavy atom. The number of ether oxygens (including phenoxy) is 1. The molecule has 3 rings (SSSR count). The molecule has 0 radical (unpaired) electrons. The molecule has 3 aromatic rings. The van der Waals surface area contributed by atoms with Gasteiger partial charge in [-0.25, -0.2) is 4.39 Å². The highest BCUT2D eigenvalue weighted by molar-refractivity contribution is 5.94. The summed E-state index contributed by atoms with van der Waals surface area (Å²) in [7, 11) is 0. The molecule has 3 nitrogen and oxygen atoms in total. The van der Waals surface area contributed by atoms with Crippen molar-refractivity contribution < 1.29 is 9.13 Å². The molecule has 0 fully saturated rings. The summed E-state index contributed by atoms with van der Waals surface area (Å²) >= 11 is 0. The van der Waals surface area contributed by atoms with Crippen LogP contribution in [0.3, 0.4) is 0 Å². The fraction of sp³-hybridized carbons (Fsp3) is 0.118. The zero-order chi connectivity index (χ0) is 15.0. The maximum absolute atomic E-state index is 14.3. The van der Waals surface area contributed by atoms with Crippen molar-refractivity contribution >= 4 is 16.6 Å². The third kappa shape index (κ3) is 2.40. The smallest absolute Gasteiger partial charge is 0.189 e. The Kier molecular flexibility index (Phi) is 3.22. The van der Waals surface area contributed by atoms with Crippen molar-refractivity contribution in [1.82, 2.24) is 4.98 Å². The van der Waals surface area contributed by atoms with Crippen molar-refractivity contribution in [3.05, 3.63) is 59.5 Å². The molecular formula is C17H15FN2O. The first-order valence-electron chi connectivity index (χ1n) is 6.64. The number of aromatic nitrogens is 1. The highest BCUT2D eigenvalue weighted by Crippen LogP contribution is 2.35. The predicted molar refractivity (Wildman–Crippen MR) is 82.1 cm³/mol. The van der Waals surface area contributed by atoms with Crippen molar-refractivity contribution in [2.75, 3.05) is 5.73 Å². The van der Waals surface area contributed by atoms with Crippen LogP contribution in [0, 0.1) is 19.7 Å². The van der Waals surface area contributed by atoms with Crippen LogP contribution in [-0.4, -0.2) is 4.98 Å². The second kappa shape index (κ2) is 5.05. The number of pyridine rings is 1. The summed E-state index contributed by atoms with van der Waals surface area (Å²) in [6.07, 6.45) is 1.59. The van der Waals surface area contributed by atoms with Gasteiger partial charge in [-0.2, -0.15) is 0 Å². The molecule has 2 N–H and O–H groups in total. The molecule has 0 aliphatic rings. The number of nitrogen functional groups attached to an aromatic ring is 1. The Balaban J connectivity index is 2.19. The predicted octanol–water partition coefficient (Wildman–Crippen LogP) is 4.37. The lowest BCUT2D eigenvalue weighted by molar-refractivity contribution is 0.444. The number of aryl methyl sites for hydroxylation is 2. The van der Waals surface area contributed by atoms with Crippen LogP contribution in [0.1, 0.15) is 11.1 Å². The van der Waals surface area contributed by atoms with Crippen molar-refractivity contribution in [2.45, 2.75) is 13.8 Å². The lowest BCUT2D eigenvalue weighted by atomic mass is 10.1. The highest BCUT2D eigenvalue weighted by Gasteiger charge is 2.15. The summed E-state index contributed by atoms with van der Waals surface area (Å²) < 4.78 is 20.0. The summed E-state index contributed by atoms with van der Waals surface area (Å²) in [5.41, 5.74) is 8.59. The van der Waals surface area contributed by atoms with Gasteiger partial charge < -0.3 is 10.5 Å². The quantitative estimate of drug-likeness (QED) is 0.710. The molecule has 0 spiro atoms. The Bertz CT molecular complexity index is 830. The summed E-state index contributed by atoms with van der Waals surface area (Å²) in [5.74, 6) is 0.207. The molecule has 0 atom stereocenters. The van der Waals surface area contributed by atoms with E-state index in [4.69, 9.17) is 10.5 Å². The van der Waals surface area contributed by atoms with E-state index in [1.54, 1.807) is 18.3 Å². The zero-order valence-electron chi connectivity index (χ0n) is 11.9. The number of nitrogens with zero attached hydrogens (tertiary/aromatic N) is 1. The van der Waals surface area contributed by atoms with E-state index in [9.17, 15) is 4.39 Å². The first kappa shape index (κ1) is 13.4. The van der Waals surface area contributed by atoms with Gasteiger partial charge in [0.1, 0.15) is 11.3 Å². The van der Waals surface area contributed by atoms with Crippen LogP contribution in [0.5, 0.6) is 11.5 Å². The summed E-state index contributed by atoms with van der Waals surface area (Å²) in [5, 5.41) is 0.680. The van der Waals surface area contributed by atoms with Crippen LogP contribution in [0.4, 0.5) is 10.1 Å². The van der Waals surface area contributed by atoms with Crippen LogP contribution in [0.2, 0.25) is 0 Å². The molecule has 0 aliphatic heterocycles. The second-order valence-corrected chi connectivity index (χ2v) is 5.05. The van der Waals surface area contributed by atoms with E-state index in [0.29, 0.717) is 22.3 Å². The van der Waals surface area contributed by atoms with Gasteiger partial charge >= 0.3 is 0 Å². The van der Waals surface area contributed by atoms with Crippen LogP contribution in [0.25, 0.3) is 10.9 Å². The number of benzene rings is 2. The molecular weight excluding hydrogens is 267 g/mol. The summed E-state index contributed by atoms with van der Waals surface area (Å²) in [6, 6.07) is 10.6. The second-order valence-electron chi connectivity index (χ2n) is 5.05. The number of hydrogen-bond donors (Lipinski definition) is 1. The number of halogens is 1. The Morgan fingerprint density at radius 3 is 2.76 bits per heavy atom. The van der Waals surface area contributed by atoms with Crippen molar-refractivity contribution in [3.63, 3.8) is 0 Å². The molecule has 0 saturated carbocycles. The topological polar surface area (TPSA) is 48.1 Å². The molecule has 0 bridgehead atoms. The molecule has 0 saturated heterocycles. The first-order valence-corrected chi connectivity index (χ1v) is 6.64. The number of rotatable bonds is 2. The third-order valence-electron chi connectivity index (χ3n) is 3.39. The lowest BCUT2D eigenvalue weighted by Gasteiger charge is -2.13. The number of fused-ring (bicyclic) bond motifs is 1. The van der Waals surface area contributed by atoms with Gasteiger partial charge in [0.05, 0.1) is 0 Å². The zero-order valence-corrected chi connectivity index (χ0v) is 11.9. The van der Waals surface area contributed by atoms with Gasteiger partial charge in [0.2, 0.25) is 0 Å². The molecule has 2 aromatic carbocycles. The van der Waals surface area contributed by atoms with E-state index < -0.39 is 5.82 Å². The number of nitrogens with two attached hydrogens (primary N) is 1. The Labute approximate surface area is 122 Å². The third-order valence-corrected chi connectivity index (χ3v) is 3.39. The maximum atomic E-state index is 14.3. The molecule has 106 valence electrons. The van der Waals surface area contributed by atoms with E-state index in [2.05, 4.69) is 4.98 Å². The number of hydrogen-bond acceptors (Lipinski definition) is 3. The lowest BCUT2D eigenvalue weighted by Crippen LogP contribution is -1.97. The van der Waals surface area contributed by atoms with Crippen molar-refractivity contribution in [3.8, 4) is 11.5 Å². The van der Waals surface area contributed by atoms with E-state index >= 15 is 0 Å². The average molecular weight is 282 g/mol. The molecule has 1 heterocycles. The molecule has 0 unspecified atom stereocenters. The Hall–Kier alpha value is -2.62. The van der Waals surface area contributed by atoms with Gasteiger partial charge in [-0.15, -0.1) is 0 Å². The molecule has 0 aliphatic carbocycles. The minimum Gasteiger partial charge on any atom is -0.452 e. The van der Waals surface area contributed by atoms with E-state index in [-0.39, 0.29) is 5.75 Å². The monoisotopic (exact) mass is 282 g/mol. The molecule has 4 heteroatoms. The van der Waals surface area contributed by atoms with E-state index in [1.165, 1.54) is 6.07 Å². The maximum Gasteiger partial charge on any atom is 0.189 e. The van der Waals surface area contributed by atoms with E-state index in [1.807, 2.05) is 32.0 Å². The standard InChI is InChI=1S/C17H15FN2O/c1-10-5-6-11(2)15(8-10)21-17-13(18)9-14(19)12-4-3-7-20-16(12)17/h3-9H,19H2,1-2H3. The number of anilines is 1. The summed E-state index contributed by atoms with van der Waals surface area (Å²) in [6.45, 7) is 3.88. The minimum atomic E-state index is -0.514. The van der Waals surface area contributed by atoms with Gasteiger partial charge in [-0.3, -0.25) is 4.98 Å². The largest absolute Gasteiger partial charge is 0.452 e. The van der Waals surface area contributed by atoms with Gasteiger partial charge in [0, 0.05) is 23.3 Å². The average Bonchev–Trinajstić information content (AvgIpc) is 2.47. The highest BCUT2D eigenvalue weighted by atomic mass is 19.1. The molecule has 0 amide bonds. The van der Waals surface area contributed by atoms with Gasteiger partial charge in [-0.1, -0.05) is 12.1 Å². The summed E-state index contributed by atoms with van der Waals surface area (Å²) in [4.78, 5) is 4.21. The van der Waals surface area contributed by atoms with E-state index in [0.717, 1.165) is 11.1 Å². The Morgan fingerprint density at radius 2 is 1.95 bits per heavy atom. The van der Waals surface area contributed by atoms with Gasteiger partial charge in [-0.05, 0) is 43.2 Å². The van der Waals surface area contributed by atoms with Crippen LogP contribution in [0.15, 0.2) is 42.6 Å². The first-order chi connectivity index (χ1) is 10.1. The normalized spacial score (nSPS) is 10.8. The van der Waals surface area contributed by atoms with Crippen molar-refractivity contribution in [1.29, 1.82) is 0 Å². The van der Waals surface area contributed by atoms with Crippen molar-refractivity contribution in [2.24, 2.45) is 0 Å². The molecule has 1 aromatic heterocycles. The molecule has 21 heavy (non-hydrogen) atoms. The van der Waals surface area contributed by atoms with Crippen LogP contribution in [-0.2, 0) is 0 Å². The fourth-order valence-corrected chi connectivity index (χ4v) is 2.24. The minimum absolute atomic E-state index is 0.105.